The van der Waals surface area contributed by atoms with E-state index >= 15 is 8.78 Å². The van der Waals surface area contributed by atoms with Crippen LogP contribution in [0.2, 0.25) is 0 Å². The van der Waals surface area contributed by atoms with Crippen LogP contribution in [0.25, 0.3) is 0 Å². The number of alkyl halides is 2. The summed E-state index contributed by atoms with van der Waals surface area (Å²) in [6, 6.07) is 10.2. The largest absolute Gasteiger partial charge is 0.342 e. The predicted octanol–water partition coefficient (Wildman–Crippen LogP) is 4.36. The van der Waals surface area contributed by atoms with Crippen LogP contribution in [-0.4, -0.2) is 35.9 Å². The molecule has 0 radical (unpaired) electrons. The third-order valence-electron chi connectivity index (χ3n) is 8.75. The molecule has 1 aromatic rings. The molecule has 4 aliphatic carbocycles. The minimum Gasteiger partial charge on any atom is -0.342 e. The van der Waals surface area contributed by atoms with Crippen LogP contribution >= 0.6 is 0 Å². The van der Waals surface area contributed by atoms with Gasteiger partial charge in [-0.3, -0.25) is 4.79 Å². The molecule has 4 bridgehead atoms. The van der Waals surface area contributed by atoms with Crippen molar-refractivity contribution in [2.75, 3.05) is 13.1 Å². The highest BCUT2D eigenvalue weighted by Crippen LogP contribution is 2.70. The van der Waals surface area contributed by atoms with Gasteiger partial charge >= 0.3 is 0 Å². The second-order valence-corrected chi connectivity index (χ2v) is 11.1. The standard InChI is InChI=1S/C24H32F2N2O/c1-21(2)15-28(9-8-19(21)27)20(29)23-12-17-10-22(14-23,16-6-4-3-5-7-16)11-18(13-23)24(17,25)26/h3-7,17-19H,8-15,27H2,1-2H3/t17?,18?,19-,22?,23?/m0/s1. The molecule has 1 heterocycles. The van der Waals surface area contributed by atoms with Gasteiger partial charge in [-0.05, 0) is 54.9 Å². The molecular weight excluding hydrogens is 370 g/mol. The van der Waals surface area contributed by atoms with Crippen LogP contribution in [0.3, 0.4) is 0 Å². The Balaban J connectivity index is 1.51. The highest BCUT2D eigenvalue weighted by molar-refractivity contribution is 5.84. The van der Waals surface area contributed by atoms with Crippen LogP contribution in [0.15, 0.2) is 30.3 Å². The molecule has 2 unspecified atom stereocenters. The van der Waals surface area contributed by atoms with Gasteiger partial charge in [-0.15, -0.1) is 0 Å². The van der Waals surface area contributed by atoms with Gasteiger partial charge in [0.25, 0.3) is 5.92 Å². The minimum absolute atomic E-state index is 0.0721. The Hall–Kier alpha value is -1.49. The van der Waals surface area contributed by atoms with Crippen molar-refractivity contribution in [3.05, 3.63) is 35.9 Å². The first kappa shape index (κ1) is 19.5. The number of carbonyl (C=O) groups is 1. The number of carbonyl (C=O) groups excluding carboxylic acids is 1. The van der Waals surface area contributed by atoms with E-state index in [-0.39, 0.29) is 22.8 Å². The van der Waals surface area contributed by atoms with Crippen LogP contribution in [0.5, 0.6) is 0 Å². The van der Waals surface area contributed by atoms with Gasteiger partial charge in [-0.25, -0.2) is 8.78 Å². The molecule has 1 saturated heterocycles. The van der Waals surface area contributed by atoms with E-state index in [0.717, 1.165) is 18.4 Å². The van der Waals surface area contributed by atoms with E-state index in [1.807, 2.05) is 23.1 Å². The molecule has 29 heavy (non-hydrogen) atoms. The lowest BCUT2D eigenvalue weighted by atomic mass is 9.41. The molecule has 5 aliphatic rings. The average Bonchev–Trinajstić information content (AvgIpc) is 2.68. The molecule has 0 aromatic heterocycles. The summed E-state index contributed by atoms with van der Waals surface area (Å²) in [6.45, 7) is 5.49. The molecule has 158 valence electrons. The van der Waals surface area contributed by atoms with Crippen molar-refractivity contribution in [2.24, 2.45) is 28.4 Å². The maximum atomic E-state index is 15.1. The molecule has 0 spiro atoms. The van der Waals surface area contributed by atoms with Crippen molar-refractivity contribution in [2.45, 2.75) is 69.8 Å². The molecule has 2 N–H and O–H groups in total. The lowest BCUT2D eigenvalue weighted by molar-refractivity contribution is -0.235. The lowest BCUT2D eigenvalue weighted by Crippen LogP contribution is -2.67. The molecule has 6 rings (SSSR count). The first-order chi connectivity index (χ1) is 13.6. The normalized spacial score (nSPS) is 42.1. The number of amides is 1. The first-order valence-electron chi connectivity index (χ1n) is 11.1. The predicted molar refractivity (Wildman–Crippen MR) is 109 cm³/mol. The number of rotatable bonds is 2. The number of hydrogen-bond acceptors (Lipinski definition) is 2. The Morgan fingerprint density at radius 3 is 2.28 bits per heavy atom. The van der Waals surface area contributed by atoms with Crippen molar-refractivity contribution >= 4 is 5.91 Å². The molecule has 5 heteroatoms. The summed E-state index contributed by atoms with van der Waals surface area (Å²) in [5, 5.41) is 0. The van der Waals surface area contributed by atoms with E-state index < -0.39 is 23.2 Å². The number of likely N-dealkylation sites (tertiary alicyclic amines) is 1. The average molecular weight is 403 g/mol. The fourth-order valence-electron chi connectivity index (χ4n) is 7.27. The Morgan fingerprint density at radius 1 is 1.07 bits per heavy atom. The van der Waals surface area contributed by atoms with Crippen molar-refractivity contribution in [1.29, 1.82) is 0 Å². The minimum atomic E-state index is -2.65. The maximum absolute atomic E-state index is 15.1. The number of nitrogens with two attached hydrogens (primary N) is 1. The SMILES string of the molecule is CC1(C)CN(C(=O)C23CC4CC(c5ccccc5)(CC(C2)C4(F)F)C3)CC[C@@H]1N. The van der Waals surface area contributed by atoms with Gasteiger partial charge in [0.2, 0.25) is 5.91 Å². The number of benzene rings is 1. The van der Waals surface area contributed by atoms with E-state index in [0.29, 0.717) is 38.8 Å². The topological polar surface area (TPSA) is 46.3 Å². The fourth-order valence-corrected chi connectivity index (χ4v) is 7.27. The van der Waals surface area contributed by atoms with E-state index in [1.54, 1.807) is 0 Å². The molecule has 1 aliphatic heterocycles. The van der Waals surface area contributed by atoms with Crippen LogP contribution in [0, 0.1) is 22.7 Å². The van der Waals surface area contributed by atoms with Crippen LogP contribution < -0.4 is 5.73 Å². The number of nitrogens with zero attached hydrogens (tertiary/aromatic N) is 1. The Bertz CT molecular complexity index is 803. The third-order valence-corrected chi connectivity index (χ3v) is 8.75. The van der Waals surface area contributed by atoms with Crippen molar-refractivity contribution in [3.8, 4) is 0 Å². The maximum Gasteiger partial charge on any atom is 0.253 e. The third kappa shape index (κ3) is 2.72. The van der Waals surface area contributed by atoms with Crippen molar-refractivity contribution in [1.82, 2.24) is 4.90 Å². The van der Waals surface area contributed by atoms with Crippen molar-refractivity contribution < 1.29 is 13.6 Å². The molecule has 1 amide bonds. The van der Waals surface area contributed by atoms with Gasteiger partial charge in [0, 0.05) is 31.0 Å². The second kappa shape index (κ2) is 6.03. The summed E-state index contributed by atoms with van der Waals surface area (Å²) in [4.78, 5) is 15.8. The molecule has 3 atom stereocenters. The summed E-state index contributed by atoms with van der Waals surface area (Å²) in [5.41, 5.74) is 6.35. The van der Waals surface area contributed by atoms with E-state index in [2.05, 4.69) is 26.0 Å². The van der Waals surface area contributed by atoms with Gasteiger partial charge in [-0.2, -0.15) is 0 Å². The van der Waals surface area contributed by atoms with Crippen LogP contribution in [-0.2, 0) is 10.2 Å². The zero-order chi connectivity index (χ0) is 20.7. The summed E-state index contributed by atoms with van der Waals surface area (Å²) < 4.78 is 30.2. The monoisotopic (exact) mass is 402 g/mol. The Morgan fingerprint density at radius 2 is 1.69 bits per heavy atom. The van der Waals surface area contributed by atoms with Gasteiger partial charge in [0.05, 0.1) is 5.41 Å². The summed E-state index contributed by atoms with van der Waals surface area (Å²) in [7, 11) is 0. The highest BCUT2D eigenvalue weighted by atomic mass is 19.3. The second-order valence-electron chi connectivity index (χ2n) is 11.1. The van der Waals surface area contributed by atoms with E-state index in [9.17, 15) is 4.79 Å². The molecular formula is C24H32F2N2O. The van der Waals surface area contributed by atoms with Crippen LogP contribution in [0.4, 0.5) is 8.78 Å². The Kier molecular flexibility index (Phi) is 4.05. The summed E-state index contributed by atoms with van der Waals surface area (Å²) in [5.74, 6) is -3.91. The fraction of sp³-hybridized carbons (Fsp3) is 0.708. The van der Waals surface area contributed by atoms with Gasteiger partial charge in [0.15, 0.2) is 0 Å². The zero-order valence-electron chi connectivity index (χ0n) is 17.5. The number of hydrogen-bond donors (Lipinski definition) is 1. The summed E-state index contributed by atoms with van der Waals surface area (Å²) in [6.07, 6.45) is 3.19. The van der Waals surface area contributed by atoms with E-state index in [4.69, 9.17) is 5.73 Å². The van der Waals surface area contributed by atoms with Gasteiger partial charge < -0.3 is 10.6 Å². The van der Waals surface area contributed by atoms with E-state index in [1.165, 1.54) is 0 Å². The Labute approximate surface area is 172 Å². The molecule has 3 nitrogen and oxygen atoms in total. The lowest BCUT2D eigenvalue weighted by Gasteiger charge is -2.64. The smallest absolute Gasteiger partial charge is 0.253 e. The summed E-state index contributed by atoms with van der Waals surface area (Å²) >= 11 is 0. The highest BCUT2D eigenvalue weighted by Gasteiger charge is 2.70. The molecule has 5 fully saturated rings. The van der Waals surface area contributed by atoms with Crippen LogP contribution in [0.1, 0.15) is 57.9 Å². The first-order valence-corrected chi connectivity index (χ1v) is 11.1. The van der Waals surface area contributed by atoms with Crippen molar-refractivity contribution in [3.63, 3.8) is 0 Å². The molecule has 1 aromatic carbocycles. The van der Waals surface area contributed by atoms with Gasteiger partial charge in [-0.1, -0.05) is 44.2 Å². The number of halogens is 2. The molecule has 4 saturated carbocycles. The number of piperidine rings is 1. The quantitative estimate of drug-likeness (QED) is 0.799. The zero-order valence-corrected chi connectivity index (χ0v) is 17.5. The van der Waals surface area contributed by atoms with Gasteiger partial charge in [0.1, 0.15) is 0 Å².